The van der Waals surface area contributed by atoms with Crippen molar-refractivity contribution < 1.29 is 14.0 Å². The molecule has 1 saturated heterocycles. The van der Waals surface area contributed by atoms with E-state index in [1.807, 2.05) is 38.4 Å². The van der Waals surface area contributed by atoms with Gasteiger partial charge in [-0.3, -0.25) is 9.59 Å². The molecule has 7 nitrogen and oxygen atoms in total. The minimum absolute atomic E-state index is 0.116. The third kappa shape index (κ3) is 4.69. The normalized spacial score (nSPS) is 16.1. The first-order valence-electron chi connectivity index (χ1n) is 10.7. The maximum Gasteiger partial charge on any atom is 0.257 e. The first-order chi connectivity index (χ1) is 15.8. The SMILES string of the molecule is CN1CCN(C(=O)c2cnc(N(C)C)nc2)C(Cc2ccccc2-c2ccc(F)cc2)C1=O. The second-order valence-electron chi connectivity index (χ2n) is 8.31. The summed E-state index contributed by atoms with van der Waals surface area (Å²) in [5, 5.41) is 0. The van der Waals surface area contributed by atoms with Crippen LogP contribution in [0.2, 0.25) is 0 Å². The molecule has 0 bridgehead atoms. The largest absolute Gasteiger partial charge is 0.347 e. The molecule has 170 valence electrons. The van der Waals surface area contributed by atoms with Crippen molar-refractivity contribution in [3.05, 3.63) is 77.9 Å². The zero-order chi connectivity index (χ0) is 23.5. The number of halogens is 1. The minimum atomic E-state index is -0.661. The van der Waals surface area contributed by atoms with Gasteiger partial charge in [-0.2, -0.15) is 0 Å². The molecule has 1 atom stereocenters. The number of piperazine rings is 1. The third-order valence-corrected chi connectivity index (χ3v) is 5.85. The third-order valence-electron chi connectivity index (χ3n) is 5.85. The highest BCUT2D eigenvalue weighted by Gasteiger charge is 2.37. The number of carbonyl (C=O) groups excluding carboxylic acids is 2. The highest BCUT2D eigenvalue weighted by Crippen LogP contribution is 2.27. The monoisotopic (exact) mass is 447 g/mol. The fraction of sp³-hybridized carbons (Fsp3) is 0.280. The minimum Gasteiger partial charge on any atom is -0.347 e. The van der Waals surface area contributed by atoms with Crippen LogP contribution >= 0.6 is 0 Å². The molecule has 1 unspecified atom stereocenters. The predicted octanol–water partition coefficient (Wildman–Crippen LogP) is 2.87. The quantitative estimate of drug-likeness (QED) is 0.602. The molecule has 33 heavy (non-hydrogen) atoms. The number of carbonyl (C=O) groups is 2. The lowest BCUT2D eigenvalue weighted by atomic mass is 9.93. The molecule has 0 radical (unpaired) electrons. The zero-order valence-corrected chi connectivity index (χ0v) is 18.9. The fourth-order valence-corrected chi connectivity index (χ4v) is 4.00. The molecular weight excluding hydrogens is 421 g/mol. The Balaban J connectivity index is 1.65. The molecule has 1 aliphatic heterocycles. The Morgan fingerprint density at radius 3 is 2.39 bits per heavy atom. The summed E-state index contributed by atoms with van der Waals surface area (Å²) in [5.41, 5.74) is 3.02. The number of hydrogen-bond donors (Lipinski definition) is 0. The first kappa shape index (κ1) is 22.4. The summed E-state index contributed by atoms with van der Waals surface area (Å²) in [4.78, 5) is 40.0. The topological polar surface area (TPSA) is 69.6 Å². The van der Waals surface area contributed by atoms with E-state index in [0.29, 0.717) is 31.0 Å². The summed E-state index contributed by atoms with van der Waals surface area (Å²) >= 11 is 0. The van der Waals surface area contributed by atoms with Crippen LogP contribution in [0.15, 0.2) is 60.9 Å². The van der Waals surface area contributed by atoms with Gasteiger partial charge in [-0.05, 0) is 28.8 Å². The Labute approximate surface area is 192 Å². The number of amides is 2. The Hall–Kier alpha value is -3.81. The van der Waals surface area contributed by atoms with Crippen molar-refractivity contribution in [2.45, 2.75) is 12.5 Å². The molecule has 0 N–H and O–H groups in total. The number of hydrogen-bond acceptors (Lipinski definition) is 5. The molecule has 2 heterocycles. The van der Waals surface area contributed by atoms with Gasteiger partial charge in [0.25, 0.3) is 5.91 Å². The Morgan fingerprint density at radius 2 is 1.73 bits per heavy atom. The van der Waals surface area contributed by atoms with Gasteiger partial charge in [-0.1, -0.05) is 36.4 Å². The molecule has 2 aromatic carbocycles. The standard InChI is InChI=1S/C25H26FN5O2/c1-29(2)25-27-15-19(16-28-25)23(32)31-13-12-30(3)24(33)22(31)14-18-6-4-5-7-21(18)17-8-10-20(26)11-9-17/h4-11,15-16,22H,12-14H2,1-3H3. The van der Waals surface area contributed by atoms with E-state index in [4.69, 9.17) is 0 Å². The second kappa shape index (κ2) is 9.36. The van der Waals surface area contributed by atoms with Crippen LogP contribution in [0.25, 0.3) is 11.1 Å². The lowest BCUT2D eigenvalue weighted by Gasteiger charge is -2.39. The second-order valence-corrected chi connectivity index (χ2v) is 8.31. The van der Waals surface area contributed by atoms with Gasteiger partial charge in [0.2, 0.25) is 11.9 Å². The van der Waals surface area contributed by atoms with E-state index in [0.717, 1.165) is 16.7 Å². The van der Waals surface area contributed by atoms with Crippen LogP contribution in [0.5, 0.6) is 0 Å². The molecule has 1 aliphatic rings. The number of likely N-dealkylation sites (N-methyl/N-ethyl adjacent to an activating group) is 1. The number of nitrogens with zero attached hydrogens (tertiary/aromatic N) is 5. The van der Waals surface area contributed by atoms with E-state index in [1.54, 1.807) is 33.9 Å². The van der Waals surface area contributed by atoms with Crippen molar-refractivity contribution >= 4 is 17.8 Å². The van der Waals surface area contributed by atoms with Crippen molar-refractivity contribution in [2.24, 2.45) is 0 Å². The summed E-state index contributed by atoms with van der Waals surface area (Å²) in [6, 6.07) is 13.3. The highest BCUT2D eigenvalue weighted by molar-refractivity contribution is 5.98. The fourth-order valence-electron chi connectivity index (χ4n) is 4.00. The number of rotatable bonds is 5. The smallest absolute Gasteiger partial charge is 0.257 e. The van der Waals surface area contributed by atoms with Crippen molar-refractivity contribution in [1.82, 2.24) is 19.8 Å². The summed E-state index contributed by atoms with van der Waals surface area (Å²) in [6.07, 6.45) is 3.34. The van der Waals surface area contributed by atoms with E-state index in [-0.39, 0.29) is 17.6 Å². The molecule has 2 amide bonds. The van der Waals surface area contributed by atoms with Gasteiger partial charge < -0.3 is 14.7 Å². The van der Waals surface area contributed by atoms with E-state index in [9.17, 15) is 14.0 Å². The van der Waals surface area contributed by atoms with E-state index in [2.05, 4.69) is 9.97 Å². The van der Waals surface area contributed by atoms with E-state index >= 15 is 0 Å². The van der Waals surface area contributed by atoms with Gasteiger partial charge in [-0.15, -0.1) is 0 Å². The molecule has 0 spiro atoms. The molecule has 0 aliphatic carbocycles. The number of anilines is 1. The number of benzene rings is 2. The molecular formula is C25H26FN5O2. The molecule has 8 heteroatoms. The van der Waals surface area contributed by atoms with E-state index < -0.39 is 6.04 Å². The zero-order valence-electron chi connectivity index (χ0n) is 18.9. The summed E-state index contributed by atoms with van der Waals surface area (Å²) < 4.78 is 13.4. The summed E-state index contributed by atoms with van der Waals surface area (Å²) in [7, 11) is 5.40. The van der Waals surface area contributed by atoms with Crippen LogP contribution in [-0.4, -0.2) is 71.9 Å². The van der Waals surface area contributed by atoms with Crippen LogP contribution in [-0.2, 0) is 11.2 Å². The van der Waals surface area contributed by atoms with Gasteiger partial charge in [0, 0.05) is 53.0 Å². The maximum atomic E-state index is 13.4. The molecule has 1 aromatic heterocycles. The lowest BCUT2D eigenvalue weighted by Crippen LogP contribution is -2.58. The summed E-state index contributed by atoms with van der Waals surface area (Å²) in [6.45, 7) is 0.872. The highest BCUT2D eigenvalue weighted by atomic mass is 19.1. The van der Waals surface area contributed by atoms with Gasteiger partial charge in [-0.25, -0.2) is 14.4 Å². The van der Waals surface area contributed by atoms with Crippen LogP contribution < -0.4 is 4.90 Å². The van der Waals surface area contributed by atoms with Gasteiger partial charge in [0.15, 0.2) is 0 Å². The van der Waals surface area contributed by atoms with E-state index in [1.165, 1.54) is 24.5 Å². The molecule has 1 fully saturated rings. The van der Waals surface area contributed by atoms with Crippen LogP contribution in [0, 0.1) is 5.82 Å². The Bertz CT molecular complexity index is 1150. The van der Waals surface area contributed by atoms with Crippen LogP contribution in [0.3, 0.4) is 0 Å². The Kier molecular flexibility index (Phi) is 6.35. The molecule has 3 aromatic rings. The predicted molar refractivity (Wildman–Crippen MR) is 124 cm³/mol. The van der Waals surface area contributed by atoms with Crippen molar-refractivity contribution in [1.29, 1.82) is 0 Å². The Morgan fingerprint density at radius 1 is 1.06 bits per heavy atom. The van der Waals surface area contributed by atoms with Crippen molar-refractivity contribution in [3.8, 4) is 11.1 Å². The number of aromatic nitrogens is 2. The van der Waals surface area contributed by atoms with Crippen molar-refractivity contribution in [2.75, 3.05) is 39.1 Å². The molecule has 0 saturated carbocycles. The average molecular weight is 448 g/mol. The average Bonchev–Trinajstić information content (AvgIpc) is 2.83. The van der Waals surface area contributed by atoms with Crippen LogP contribution in [0.4, 0.5) is 10.3 Å². The lowest BCUT2D eigenvalue weighted by molar-refractivity contribution is -0.138. The van der Waals surface area contributed by atoms with Gasteiger partial charge >= 0.3 is 0 Å². The van der Waals surface area contributed by atoms with Crippen molar-refractivity contribution in [3.63, 3.8) is 0 Å². The maximum absolute atomic E-state index is 13.4. The summed E-state index contributed by atoms with van der Waals surface area (Å²) in [5.74, 6) is -0.189. The van der Waals surface area contributed by atoms with Gasteiger partial charge in [0.1, 0.15) is 11.9 Å². The first-order valence-corrected chi connectivity index (χ1v) is 10.7. The van der Waals surface area contributed by atoms with Gasteiger partial charge in [0.05, 0.1) is 5.56 Å². The van der Waals surface area contributed by atoms with Crippen LogP contribution in [0.1, 0.15) is 15.9 Å². The molecule has 4 rings (SSSR count).